The zero-order chi connectivity index (χ0) is 9.10. The lowest BCUT2D eigenvalue weighted by molar-refractivity contribution is 0.819. The molecule has 0 unspecified atom stereocenters. The largest absolute Gasteiger partial charge is 0.316 e. The van der Waals surface area contributed by atoms with Gasteiger partial charge in [0.25, 0.3) is 0 Å². The molecule has 0 amide bonds. The summed E-state index contributed by atoms with van der Waals surface area (Å²) in [5.41, 5.74) is 2.25. The van der Waals surface area contributed by atoms with Crippen molar-refractivity contribution in [3.05, 3.63) is 36.3 Å². The van der Waals surface area contributed by atoms with Crippen LogP contribution in [0.3, 0.4) is 0 Å². The Kier molecular flexibility index (Phi) is 2.19. The van der Waals surface area contributed by atoms with Crippen molar-refractivity contribution in [3.63, 3.8) is 0 Å². The van der Waals surface area contributed by atoms with Crippen molar-refractivity contribution in [1.29, 1.82) is 0 Å². The van der Waals surface area contributed by atoms with Gasteiger partial charge < -0.3 is 5.32 Å². The predicted molar refractivity (Wildman–Crippen MR) is 52.3 cm³/mol. The molecule has 2 rings (SSSR count). The molecule has 1 heterocycles. The first-order chi connectivity index (χ1) is 6.40. The van der Waals surface area contributed by atoms with E-state index in [0.717, 1.165) is 17.4 Å². The zero-order valence-electron chi connectivity index (χ0n) is 7.49. The fourth-order valence-corrected chi connectivity index (χ4v) is 1.35. The molecule has 1 aromatic carbocycles. The molecular formula is C10H11N3. The van der Waals surface area contributed by atoms with Crippen LogP contribution in [-0.4, -0.2) is 17.0 Å². The molecule has 0 radical (unpaired) electrons. The Hall–Kier alpha value is -1.48. The summed E-state index contributed by atoms with van der Waals surface area (Å²) in [7, 11) is 1.94. The average Bonchev–Trinajstić information content (AvgIpc) is 2.18. The molecule has 0 spiro atoms. The smallest absolute Gasteiger partial charge is 0.116 e. The van der Waals surface area contributed by atoms with Crippen molar-refractivity contribution in [2.75, 3.05) is 7.05 Å². The molecule has 0 aliphatic rings. The summed E-state index contributed by atoms with van der Waals surface area (Å²) >= 11 is 0. The third-order valence-corrected chi connectivity index (χ3v) is 1.95. The quantitative estimate of drug-likeness (QED) is 0.745. The second-order valence-corrected chi connectivity index (χ2v) is 2.95. The Morgan fingerprint density at radius 2 is 2.31 bits per heavy atom. The average molecular weight is 173 g/mol. The maximum atomic E-state index is 4.15. The minimum absolute atomic E-state index is 0.880. The van der Waals surface area contributed by atoms with Gasteiger partial charge in [-0.25, -0.2) is 9.97 Å². The molecule has 0 bridgehead atoms. The first-order valence-electron chi connectivity index (χ1n) is 4.23. The summed E-state index contributed by atoms with van der Waals surface area (Å²) in [5, 5.41) is 4.20. The van der Waals surface area contributed by atoms with E-state index in [0.29, 0.717) is 0 Å². The highest BCUT2D eigenvalue weighted by Crippen LogP contribution is 2.11. The number of aromatic nitrogens is 2. The highest BCUT2D eigenvalue weighted by Gasteiger charge is 1.95. The number of hydrogen-bond acceptors (Lipinski definition) is 3. The Labute approximate surface area is 76.8 Å². The van der Waals surface area contributed by atoms with Crippen molar-refractivity contribution >= 4 is 10.9 Å². The van der Waals surface area contributed by atoms with Crippen molar-refractivity contribution in [2.45, 2.75) is 6.54 Å². The van der Waals surface area contributed by atoms with Crippen LogP contribution in [0.1, 0.15) is 5.56 Å². The first-order valence-corrected chi connectivity index (χ1v) is 4.23. The van der Waals surface area contributed by atoms with Crippen LogP contribution in [-0.2, 0) is 6.54 Å². The van der Waals surface area contributed by atoms with Crippen molar-refractivity contribution in [1.82, 2.24) is 15.3 Å². The summed E-state index contributed by atoms with van der Waals surface area (Å²) in [6.45, 7) is 0.880. The van der Waals surface area contributed by atoms with Crippen LogP contribution < -0.4 is 5.32 Å². The molecule has 0 saturated carbocycles. The molecule has 13 heavy (non-hydrogen) atoms. The van der Waals surface area contributed by atoms with Crippen molar-refractivity contribution < 1.29 is 0 Å². The number of hydrogen-bond donors (Lipinski definition) is 1. The van der Waals surface area contributed by atoms with Gasteiger partial charge in [0.15, 0.2) is 0 Å². The van der Waals surface area contributed by atoms with Crippen LogP contribution in [0.5, 0.6) is 0 Å². The molecule has 3 nitrogen and oxygen atoms in total. The number of nitrogens with one attached hydrogen (secondary N) is 1. The van der Waals surface area contributed by atoms with Crippen LogP contribution in [0.25, 0.3) is 10.9 Å². The summed E-state index contributed by atoms with van der Waals surface area (Å²) in [6.07, 6.45) is 3.40. The number of fused-ring (bicyclic) bond motifs is 1. The van der Waals surface area contributed by atoms with Gasteiger partial charge in [0.05, 0.1) is 5.52 Å². The Balaban J connectivity index is 2.49. The van der Waals surface area contributed by atoms with Gasteiger partial charge in [-0.3, -0.25) is 0 Å². The van der Waals surface area contributed by atoms with E-state index in [2.05, 4.69) is 27.4 Å². The molecule has 66 valence electrons. The number of nitrogens with zero attached hydrogens (tertiary/aromatic N) is 2. The second-order valence-electron chi connectivity index (χ2n) is 2.95. The minimum atomic E-state index is 0.880. The van der Waals surface area contributed by atoms with E-state index >= 15 is 0 Å². The van der Waals surface area contributed by atoms with E-state index < -0.39 is 0 Å². The van der Waals surface area contributed by atoms with Gasteiger partial charge in [0.2, 0.25) is 0 Å². The normalized spacial score (nSPS) is 10.5. The standard InChI is InChI=1S/C10H11N3/c1-11-5-8-2-3-10-9(4-8)6-12-7-13-10/h2-4,6-7,11H,5H2,1H3. The fourth-order valence-electron chi connectivity index (χ4n) is 1.35. The van der Waals surface area contributed by atoms with Crippen molar-refractivity contribution in [2.24, 2.45) is 0 Å². The summed E-state index contributed by atoms with van der Waals surface area (Å²) in [4.78, 5) is 8.13. The minimum Gasteiger partial charge on any atom is -0.316 e. The molecule has 2 aromatic rings. The van der Waals surface area contributed by atoms with Crippen LogP contribution in [0.15, 0.2) is 30.7 Å². The third kappa shape index (κ3) is 1.65. The maximum Gasteiger partial charge on any atom is 0.116 e. The SMILES string of the molecule is CNCc1ccc2ncncc2c1. The lowest BCUT2D eigenvalue weighted by atomic mass is 10.1. The second kappa shape index (κ2) is 3.49. The topological polar surface area (TPSA) is 37.8 Å². The van der Waals surface area contributed by atoms with E-state index in [-0.39, 0.29) is 0 Å². The van der Waals surface area contributed by atoms with Crippen LogP contribution >= 0.6 is 0 Å². The molecule has 0 aliphatic heterocycles. The zero-order valence-corrected chi connectivity index (χ0v) is 7.49. The molecule has 0 fully saturated rings. The van der Waals surface area contributed by atoms with Gasteiger partial charge in [-0.05, 0) is 24.7 Å². The summed E-state index contributed by atoms with van der Waals surface area (Å²) in [5.74, 6) is 0. The fraction of sp³-hybridized carbons (Fsp3) is 0.200. The molecule has 1 N–H and O–H groups in total. The highest BCUT2D eigenvalue weighted by atomic mass is 14.8. The number of rotatable bonds is 2. The highest BCUT2D eigenvalue weighted by molar-refractivity contribution is 5.77. The van der Waals surface area contributed by atoms with Crippen LogP contribution in [0, 0.1) is 0 Å². The molecule has 1 aromatic heterocycles. The molecule has 3 heteroatoms. The first kappa shape index (κ1) is 8.13. The molecule has 0 aliphatic carbocycles. The molecule has 0 atom stereocenters. The Bertz CT molecular complexity index is 412. The molecule has 0 saturated heterocycles. The Morgan fingerprint density at radius 1 is 1.38 bits per heavy atom. The molecular weight excluding hydrogens is 162 g/mol. The lowest BCUT2D eigenvalue weighted by Gasteiger charge is -2.01. The third-order valence-electron chi connectivity index (χ3n) is 1.95. The van der Waals surface area contributed by atoms with Gasteiger partial charge >= 0.3 is 0 Å². The van der Waals surface area contributed by atoms with Crippen LogP contribution in [0.2, 0.25) is 0 Å². The van der Waals surface area contributed by atoms with E-state index in [1.54, 1.807) is 6.33 Å². The summed E-state index contributed by atoms with van der Waals surface area (Å²) in [6, 6.07) is 6.20. The van der Waals surface area contributed by atoms with E-state index in [4.69, 9.17) is 0 Å². The predicted octanol–water partition coefficient (Wildman–Crippen LogP) is 1.35. The van der Waals surface area contributed by atoms with Crippen LogP contribution in [0.4, 0.5) is 0 Å². The van der Waals surface area contributed by atoms with Gasteiger partial charge in [-0.1, -0.05) is 6.07 Å². The van der Waals surface area contributed by atoms with E-state index in [1.807, 2.05) is 19.3 Å². The lowest BCUT2D eigenvalue weighted by Crippen LogP contribution is -2.04. The van der Waals surface area contributed by atoms with Gasteiger partial charge in [0, 0.05) is 18.1 Å². The maximum absolute atomic E-state index is 4.15. The number of benzene rings is 1. The van der Waals surface area contributed by atoms with Gasteiger partial charge in [-0.2, -0.15) is 0 Å². The van der Waals surface area contributed by atoms with Crippen molar-refractivity contribution in [3.8, 4) is 0 Å². The summed E-state index contributed by atoms with van der Waals surface area (Å²) < 4.78 is 0. The van der Waals surface area contributed by atoms with Gasteiger partial charge in [-0.15, -0.1) is 0 Å². The van der Waals surface area contributed by atoms with E-state index in [1.165, 1.54) is 5.56 Å². The monoisotopic (exact) mass is 173 g/mol. The van der Waals surface area contributed by atoms with Gasteiger partial charge in [0.1, 0.15) is 6.33 Å². The Morgan fingerprint density at radius 3 is 3.15 bits per heavy atom. The van der Waals surface area contributed by atoms with E-state index in [9.17, 15) is 0 Å².